The Morgan fingerprint density at radius 2 is 1.97 bits per heavy atom. The lowest BCUT2D eigenvalue weighted by molar-refractivity contribution is -0.121. The lowest BCUT2D eigenvalue weighted by atomic mass is 9.58. The van der Waals surface area contributed by atoms with Crippen molar-refractivity contribution in [2.45, 2.75) is 26.8 Å². The molecule has 2 fully saturated rings. The van der Waals surface area contributed by atoms with Crippen molar-refractivity contribution in [3.05, 3.63) is 54.2 Å². The highest BCUT2D eigenvalue weighted by atomic mass is 16.7. The van der Waals surface area contributed by atoms with Crippen molar-refractivity contribution in [2.24, 2.45) is 10.8 Å². The third kappa shape index (κ3) is 3.90. The van der Waals surface area contributed by atoms with E-state index < -0.39 is 6.09 Å². The Morgan fingerprint density at radius 1 is 1.22 bits per heavy atom. The molecule has 3 heterocycles. The summed E-state index contributed by atoms with van der Waals surface area (Å²) in [5.74, 6) is 0.702. The molecule has 1 unspecified atom stereocenters. The molecule has 0 radical (unpaired) electrons. The number of benzene rings is 2. The molecule has 0 aliphatic carbocycles. The minimum atomic E-state index is -0.864. The van der Waals surface area contributed by atoms with Crippen LogP contribution in [0.3, 0.4) is 0 Å². The van der Waals surface area contributed by atoms with Gasteiger partial charge in [-0.2, -0.15) is 5.26 Å². The van der Waals surface area contributed by atoms with Gasteiger partial charge >= 0.3 is 6.09 Å². The molecule has 36 heavy (non-hydrogen) atoms. The number of methoxy groups -OCH3 is 1. The number of fused-ring (bicyclic) bond motifs is 1. The fourth-order valence-electron chi connectivity index (χ4n) is 6.07. The number of pyridine rings is 1. The van der Waals surface area contributed by atoms with Gasteiger partial charge in [-0.1, -0.05) is 39.0 Å². The van der Waals surface area contributed by atoms with E-state index >= 15 is 0 Å². The molecule has 1 N–H and O–H groups in total. The van der Waals surface area contributed by atoms with Crippen molar-refractivity contribution in [1.29, 1.82) is 5.26 Å². The minimum Gasteiger partial charge on any atom is -0.467 e. The summed E-state index contributed by atoms with van der Waals surface area (Å²) < 4.78 is 10.8. The molecule has 5 rings (SSSR count). The summed E-state index contributed by atoms with van der Waals surface area (Å²) in [6, 6.07) is 15.9. The van der Waals surface area contributed by atoms with Crippen LogP contribution < -0.4 is 9.64 Å². The second-order valence-electron chi connectivity index (χ2n) is 10.8. The highest BCUT2D eigenvalue weighted by molar-refractivity contribution is 5.89. The summed E-state index contributed by atoms with van der Waals surface area (Å²) in [5.41, 5.74) is 3.79. The summed E-state index contributed by atoms with van der Waals surface area (Å²) in [4.78, 5) is 20.2. The largest absolute Gasteiger partial charge is 0.467 e. The molecule has 2 saturated heterocycles. The number of likely N-dealkylation sites (tertiary alicyclic amines) is 1. The Labute approximate surface area is 210 Å². The van der Waals surface area contributed by atoms with Gasteiger partial charge in [0.2, 0.25) is 0 Å². The second kappa shape index (κ2) is 8.68. The fraction of sp³-hybridized carbons (Fsp3) is 0.393. The van der Waals surface area contributed by atoms with Crippen LogP contribution in [0.1, 0.15) is 26.3 Å². The highest BCUT2D eigenvalue weighted by Gasteiger charge is 2.64. The number of hydrogen-bond acceptors (Lipinski definition) is 6. The van der Waals surface area contributed by atoms with E-state index in [9.17, 15) is 15.2 Å². The predicted octanol–water partition coefficient (Wildman–Crippen LogP) is 4.97. The van der Waals surface area contributed by atoms with E-state index in [1.807, 2.05) is 48.7 Å². The van der Waals surface area contributed by atoms with E-state index in [1.165, 1.54) is 0 Å². The molecular weight excluding hydrogens is 456 g/mol. The molecule has 0 saturated carbocycles. The number of nitriles is 1. The number of carbonyl (C=O) groups is 1. The first-order valence-electron chi connectivity index (χ1n) is 12.0. The normalized spacial score (nSPS) is 18.5. The molecule has 1 aromatic heterocycles. The van der Waals surface area contributed by atoms with Crippen molar-refractivity contribution >= 4 is 22.7 Å². The van der Waals surface area contributed by atoms with Crippen molar-refractivity contribution in [3.63, 3.8) is 0 Å². The number of carboxylic acid groups (broad SMARTS) is 1. The number of amides is 1. The topological polar surface area (TPSA) is 98.9 Å². The number of hydrogen-bond donors (Lipinski definition) is 1. The Balaban J connectivity index is 1.43. The number of anilines is 1. The highest BCUT2D eigenvalue weighted by Crippen LogP contribution is 2.53. The Kier molecular flexibility index (Phi) is 5.76. The fourth-order valence-corrected chi connectivity index (χ4v) is 6.07. The first kappa shape index (κ1) is 23.9. The molecule has 3 aromatic rings. The maximum atomic E-state index is 11.7. The van der Waals surface area contributed by atoms with Gasteiger partial charge in [0.25, 0.3) is 0 Å². The van der Waals surface area contributed by atoms with E-state index in [0.717, 1.165) is 40.8 Å². The smallest absolute Gasteiger partial charge is 0.407 e. The number of para-hydroxylation sites is 1. The van der Waals surface area contributed by atoms with Crippen LogP contribution in [-0.2, 0) is 4.74 Å². The second-order valence-corrected chi connectivity index (χ2v) is 10.8. The van der Waals surface area contributed by atoms with E-state index in [4.69, 9.17) is 14.5 Å². The zero-order valence-corrected chi connectivity index (χ0v) is 21.0. The average molecular weight is 487 g/mol. The third-order valence-corrected chi connectivity index (χ3v) is 7.24. The molecule has 2 aromatic carbocycles. The molecule has 186 valence electrons. The van der Waals surface area contributed by atoms with Gasteiger partial charge in [0, 0.05) is 54.9 Å². The summed E-state index contributed by atoms with van der Waals surface area (Å²) in [6.45, 7) is 8.40. The van der Waals surface area contributed by atoms with E-state index in [1.54, 1.807) is 12.0 Å². The van der Waals surface area contributed by atoms with Gasteiger partial charge in [0.05, 0.1) is 22.8 Å². The number of nitrogens with zero attached hydrogens (tertiary/aromatic N) is 4. The van der Waals surface area contributed by atoms with Crippen LogP contribution in [0.2, 0.25) is 0 Å². The Bertz CT molecular complexity index is 1370. The summed E-state index contributed by atoms with van der Waals surface area (Å²) in [5, 5.41) is 20.4. The van der Waals surface area contributed by atoms with Gasteiger partial charge in [0.15, 0.2) is 6.79 Å². The molecule has 8 heteroatoms. The standard InChI is InChI=1S/C28H30N4O4/c1-27(2,3)25-28(16-32(25)26(33)34)14-31(15-28)23-11-22-18(9-19(23)12-29)10-20(13-30-22)21-7-5-6-8-24(21)36-17-35-4/h5-11,13,25H,14-17H2,1-4H3,(H,33,34). The van der Waals surface area contributed by atoms with E-state index in [0.29, 0.717) is 17.9 Å². The quantitative estimate of drug-likeness (QED) is 0.508. The van der Waals surface area contributed by atoms with Gasteiger partial charge in [-0.3, -0.25) is 4.98 Å². The Morgan fingerprint density at radius 3 is 2.64 bits per heavy atom. The average Bonchev–Trinajstić information content (AvgIpc) is 2.79. The lowest BCUT2D eigenvalue weighted by Crippen LogP contribution is -2.81. The summed E-state index contributed by atoms with van der Waals surface area (Å²) >= 11 is 0. The van der Waals surface area contributed by atoms with Gasteiger partial charge in [-0.05, 0) is 29.7 Å². The molecule has 0 bridgehead atoms. The van der Waals surface area contributed by atoms with Crippen LogP contribution in [0.5, 0.6) is 5.75 Å². The van der Waals surface area contributed by atoms with Gasteiger partial charge in [-0.25, -0.2) is 4.79 Å². The van der Waals surface area contributed by atoms with Crippen molar-refractivity contribution < 1.29 is 19.4 Å². The number of aromatic nitrogens is 1. The molecule has 2 aliphatic rings. The Hall–Kier alpha value is -3.83. The van der Waals surface area contributed by atoms with E-state index in [2.05, 4.69) is 31.7 Å². The van der Waals surface area contributed by atoms with E-state index in [-0.39, 0.29) is 23.7 Å². The first-order valence-corrected chi connectivity index (χ1v) is 12.0. The number of rotatable bonds is 5. The predicted molar refractivity (Wildman–Crippen MR) is 137 cm³/mol. The molecule has 2 aliphatic heterocycles. The zero-order chi connectivity index (χ0) is 25.7. The maximum Gasteiger partial charge on any atom is 0.407 e. The van der Waals surface area contributed by atoms with Crippen LogP contribution in [0.25, 0.3) is 22.0 Å². The van der Waals surface area contributed by atoms with Crippen LogP contribution >= 0.6 is 0 Å². The minimum absolute atomic E-state index is 0.0502. The van der Waals surface area contributed by atoms with Gasteiger partial charge < -0.3 is 24.4 Å². The molecular formula is C28H30N4O4. The molecule has 8 nitrogen and oxygen atoms in total. The van der Waals surface area contributed by atoms with Crippen LogP contribution in [0.4, 0.5) is 10.5 Å². The number of ether oxygens (including phenoxy) is 2. The first-order chi connectivity index (χ1) is 17.2. The summed E-state index contributed by atoms with van der Waals surface area (Å²) in [6.07, 6.45) is 0.952. The SMILES string of the molecule is COCOc1ccccc1-c1cnc2cc(N3CC4(C3)CN(C(=O)O)C4C(C)(C)C)c(C#N)cc2c1. The molecule has 1 amide bonds. The van der Waals surface area contributed by atoms with Gasteiger partial charge in [-0.15, -0.1) is 0 Å². The van der Waals surface area contributed by atoms with Crippen molar-refractivity contribution in [1.82, 2.24) is 9.88 Å². The van der Waals surface area contributed by atoms with Crippen LogP contribution in [-0.4, -0.2) is 60.7 Å². The van der Waals surface area contributed by atoms with Crippen molar-refractivity contribution in [2.75, 3.05) is 38.4 Å². The van der Waals surface area contributed by atoms with Crippen LogP contribution in [0, 0.1) is 22.2 Å². The monoisotopic (exact) mass is 486 g/mol. The molecule has 1 atom stereocenters. The van der Waals surface area contributed by atoms with Crippen molar-refractivity contribution in [3.8, 4) is 22.9 Å². The lowest BCUT2D eigenvalue weighted by Gasteiger charge is -2.68. The maximum absolute atomic E-state index is 11.7. The van der Waals surface area contributed by atoms with Gasteiger partial charge in [0.1, 0.15) is 11.8 Å². The summed E-state index contributed by atoms with van der Waals surface area (Å²) in [7, 11) is 1.58. The van der Waals surface area contributed by atoms with Crippen LogP contribution in [0.15, 0.2) is 48.7 Å². The molecule has 1 spiro atoms. The zero-order valence-electron chi connectivity index (χ0n) is 21.0. The third-order valence-electron chi connectivity index (χ3n) is 7.24.